The van der Waals surface area contributed by atoms with Crippen molar-refractivity contribution in [2.75, 3.05) is 36.0 Å². The molecule has 2 aromatic carbocycles. The van der Waals surface area contributed by atoms with E-state index in [-0.39, 0.29) is 16.8 Å². The first-order valence-electron chi connectivity index (χ1n) is 10.5. The molecule has 0 unspecified atom stereocenters. The van der Waals surface area contributed by atoms with Gasteiger partial charge in [-0.1, -0.05) is 12.1 Å². The smallest absolute Gasteiger partial charge is 0.244 e. The average Bonchev–Trinajstić information content (AvgIpc) is 3.04. The van der Waals surface area contributed by atoms with E-state index in [0.29, 0.717) is 36.3 Å². The van der Waals surface area contributed by atoms with Crippen LogP contribution in [-0.2, 0) is 21.2 Å². The van der Waals surface area contributed by atoms with Crippen LogP contribution in [0.3, 0.4) is 0 Å². The highest BCUT2D eigenvalue weighted by Gasteiger charge is 2.35. The molecule has 1 fully saturated rings. The second-order valence-electron chi connectivity index (χ2n) is 8.53. The molecule has 6 nitrogen and oxygen atoms in total. The molecule has 2 heterocycles. The average molecular weight is 506 g/mol. The van der Waals surface area contributed by atoms with Crippen molar-refractivity contribution in [2.24, 2.45) is 0 Å². The lowest BCUT2D eigenvalue weighted by Crippen LogP contribution is -2.49. The minimum atomic E-state index is -3.68. The summed E-state index contributed by atoms with van der Waals surface area (Å²) < 4.78 is 29.1. The van der Waals surface area contributed by atoms with Gasteiger partial charge in [-0.3, -0.25) is 4.79 Å². The van der Waals surface area contributed by atoms with Crippen LogP contribution in [0.1, 0.15) is 30.5 Å². The number of halogens is 1. The zero-order chi connectivity index (χ0) is 22.5. The summed E-state index contributed by atoms with van der Waals surface area (Å²) in [6, 6.07) is 9.91. The van der Waals surface area contributed by atoms with Gasteiger partial charge in [0.1, 0.15) is 0 Å². The number of benzene rings is 2. The molecule has 2 aromatic rings. The maximum absolute atomic E-state index is 13.5. The summed E-state index contributed by atoms with van der Waals surface area (Å²) in [7, 11) is -3.68. The molecule has 0 aromatic heterocycles. The van der Waals surface area contributed by atoms with Crippen molar-refractivity contribution >= 4 is 43.2 Å². The fourth-order valence-electron chi connectivity index (χ4n) is 4.66. The van der Waals surface area contributed by atoms with E-state index in [0.717, 1.165) is 12.0 Å². The summed E-state index contributed by atoms with van der Waals surface area (Å²) in [4.78, 5) is 16.3. The molecule has 1 amide bonds. The first kappa shape index (κ1) is 22.3. The van der Waals surface area contributed by atoms with Crippen LogP contribution in [-0.4, -0.2) is 50.9 Å². The van der Waals surface area contributed by atoms with E-state index in [1.807, 2.05) is 13.0 Å². The van der Waals surface area contributed by atoms with Crippen molar-refractivity contribution in [3.05, 3.63) is 51.5 Å². The van der Waals surface area contributed by atoms with E-state index in [1.165, 1.54) is 23.7 Å². The fourth-order valence-corrected chi connectivity index (χ4v) is 7.16. The monoisotopic (exact) mass is 505 g/mol. The zero-order valence-corrected chi connectivity index (χ0v) is 20.8. The van der Waals surface area contributed by atoms with Crippen LogP contribution >= 0.6 is 15.9 Å². The normalized spacial score (nSPS) is 19.6. The number of rotatable bonds is 3. The number of carbonyl (C=O) groups is 1. The van der Waals surface area contributed by atoms with Crippen LogP contribution in [0.25, 0.3) is 0 Å². The maximum atomic E-state index is 13.5. The van der Waals surface area contributed by atoms with Crippen LogP contribution in [0.5, 0.6) is 0 Å². The van der Waals surface area contributed by atoms with Crippen molar-refractivity contribution in [1.29, 1.82) is 0 Å². The molecule has 0 N–H and O–H groups in total. The van der Waals surface area contributed by atoms with Gasteiger partial charge in [0.25, 0.3) is 0 Å². The Morgan fingerprint density at radius 1 is 1.03 bits per heavy atom. The zero-order valence-electron chi connectivity index (χ0n) is 18.4. The largest absolute Gasteiger partial charge is 0.369 e. The number of anilines is 2. The molecular weight excluding hydrogens is 478 g/mol. The van der Waals surface area contributed by atoms with Gasteiger partial charge in [0.2, 0.25) is 15.9 Å². The number of piperazine rings is 1. The molecule has 0 radical (unpaired) electrons. The molecule has 0 bridgehead atoms. The second kappa shape index (κ2) is 8.22. The number of sulfonamides is 1. The van der Waals surface area contributed by atoms with Crippen LogP contribution in [0.4, 0.5) is 11.4 Å². The number of hydrogen-bond donors (Lipinski definition) is 0. The molecule has 166 valence electrons. The number of hydrogen-bond acceptors (Lipinski definition) is 4. The summed E-state index contributed by atoms with van der Waals surface area (Å²) >= 11 is 3.48. The Morgan fingerprint density at radius 3 is 2.35 bits per heavy atom. The van der Waals surface area contributed by atoms with Gasteiger partial charge in [0, 0.05) is 55.0 Å². The Balaban J connectivity index is 1.59. The van der Waals surface area contributed by atoms with E-state index in [4.69, 9.17) is 0 Å². The number of amides is 1. The first-order chi connectivity index (χ1) is 14.6. The topological polar surface area (TPSA) is 60.9 Å². The number of nitrogens with zero attached hydrogens (tertiary/aromatic N) is 3. The molecule has 1 atom stereocenters. The van der Waals surface area contributed by atoms with Crippen molar-refractivity contribution < 1.29 is 13.2 Å². The van der Waals surface area contributed by atoms with E-state index < -0.39 is 10.0 Å². The predicted molar refractivity (Wildman–Crippen MR) is 127 cm³/mol. The molecule has 2 aliphatic rings. The Bertz CT molecular complexity index is 1140. The van der Waals surface area contributed by atoms with Crippen molar-refractivity contribution in [3.8, 4) is 0 Å². The Morgan fingerprint density at radius 2 is 1.71 bits per heavy atom. The number of aryl methyl sites for hydroxylation is 2. The summed E-state index contributed by atoms with van der Waals surface area (Å²) in [6.45, 7) is 9.79. The molecule has 1 saturated heterocycles. The lowest BCUT2D eigenvalue weighted by atomic mass is 10.1. The van der Waals surface area contributed by atoms with Gasteiger partial charge in [-0.05, 0) is 78.0 Å². The molecule has 31 heavy (non-hydrogen) atoms. The van der Waals surface area contributed by atoms with Crippen LogP contribution in [0.2, 0.25) is 0 Å². The number of carbonyl (C=O) groups excluding carboxylic acids is 1. The van der Waals surface area contributed by atoms with Crippen molar-refractivity contribution in [2.45, 2.75) is 45.1 Å². The van der Waals surface area contributed by atoms with Gasteiger partial charge in [-0.15, -0.1) is 0 Å². The van der Waals surface area contributed by atoms with Gasteiger partial charge in [-0.2, -0.15) is 4.31 Å². The van der Waals surface area contributed by atoms with Gasteiger partial charge in [0.15, 0.2) is 0 Å². The first-order valence-corrected chi connectivity index (χ1v) is 12.8. The lowest BCUT2D eigenvalue weighted by molar-refractivity contribution is -0.116. The highest BCUT2D eigenvalue weighted by molar-refractivity contribution is 9.10. The Labute approximate surface area is 193 Å². The standard InChI is InChI=1S/C23H28BrN3O3S/c1-15-5-6-16(2)21(11-15)25-7-9-26(10-8-25)31(29,30)23-14-22-19(13-20(23)24)12-17(3)27(22)18(4)28/h5-6,11,13-14,17H,7-10,12H2,1-4H3/t17-/m0/s1. The summed E-state index contributed by atoms with van der Waals surface area (Å²) in [6.07, 6.45) is 0.725. The minimum Gasteiger partial charge on any atom is -0.369 e. The molecule has 8 heteroatoms. The van der Waals surface area contributed by atoms with Gasteiger partial charge in [0.05, 0.1) is 4.90 Å². The molecule has 0 saturated carbocycles. The van der Waals surface area contributed by atoms with E-state index in [9.17, 15) is 13.2 Å². The number of fused-ring (bicyclic) bond motifs is 1. The summed E-state index contributed by atoms with van der Waals surface area (Å²) in [5.74, 6) is -0.0703. The van der Waals surface area contributed by atoms with E-state index in [2.05, 4.69) is 52.9 Å². The molecular formula is C23H28BrN3O3S. The predicted octanol–water partition coefficient (Wildman–Crippen LogP) is 3.87. The minimum absolute atomic E-state index is 0.0264. The van der Waals surface area contributed by atoms with E-state index >= 15 is 0 Å². The van der Waals surface area contributed by atoms with Gasteiger partial charge >= 0.3 is 0 Å². The molecule has 0 aliphatic carbocycles. The van der Waals surface area contributed by atoms with Crippen molar-refractivity contribution in [1.82, 2.24) is 4.31 Å². The quantitative estimate of drug-likeness (QED) is 0.634. The van der Waals surface area contributed by atoms with Crippen LogP contribution in [0, 0.1) is 13.8 Å². The second-order valence-corrected chi connectivity index (χ2v) is 11.3. The third-order valence-electron chi connectivity index (χ3n) is 6.25. The Hall–Kier alpha value is -1.90. The molecule has 2 aliphatic heterocycles. The Kier molecular flexibility index (Phi) is 5.91. The summed E-state index contributed by atoms with van der Waals surface area (Å²) in [5, 5.41) is 0. The van der Waals surface area contributed by atoms with Gasteiger partial charge in [-0.25, -0.2) is 8.42 Å². The SMILES string of the molecule is CC(=O)N1c2cc(S(=O)(=O)N3CCN(c4cc(C)ccc4C)CC3)c(Br)cc2C[C@@H]1C. The highest BCUT2D eigenvalue weighted by Crippen LogP contribution is 2.39. The van der Waals surface area contributed by atoms with E-state index in [1.54, 1.807) is 15.3 Å². The van der Waals surface area contributed by atoms with Crippen molar-refractivity contribution in [3.63, 3.8) is 0 Å². The molecule has 0 spiro atoms. The third-order valence-corrected chi connectivity index (χ3v) is 9.11. The van der Waals surface area contributed by atoms with Crippen LogP contribution in [0.15, 0.2) is 39.7 Å². The van der Waals surface area contributed by atoms with Gasteiger partial charge < -0.3 is 9.80 Å². The van der Waals surface area contributed by atoms with Crippen LogP contribution < -0.4 is 9.80 Å². The highest BCUT2D eigenvalue weighted by atomic mass is 79.9. The maximum Gasteiger partial charge on any atom is 0.244 e. The third kappa shape index (κ3) is 4.01. The fraction of sp³-hybridized carbons (Fsp3) is 0.435. The molecule has 4 rings (SSSR count). The summed E-state index contributed by atoms with van der Waals surface area (Å²) in [5.41, 5.74) is 5.26. The lowest BCUT2D eigenvalue weighted by Gasteiger charge is -2.36.